The molecule has 1 aliphatic heterocycles. The Balaban J connectivity index is 2.51. The van der Waals surface area contributed by atoms with Crippen LogP contribution in [0.4, 0.5) is 0 Å². The van der Waals surface area contributed by atoms with E-state index in [4.69, 9.17) is 14.2 Å². The highest BCUT2D eigenvalue weighted by Gasteiger charge is 2.47. The molecule has 0 aliphatic carbocycles. The van der Waals surface area contributed by atoms with Crippen LogP contribution in [0.5, 0.6) is 0 Å². The lowest BCUT2D eigenvalue weighted by molar-refractivity contribution is -0.305. The molecule has 11 heteroatoms. The summed E-state index contributed by atoms with van der Waals surface area (Å²) in [5, 5.41) is 57.4. The van der Waals surface area contributed by atoms with Gasteiger partial charge in [-0.3, -0.25) is 9.59 Å². The molecule has 6 N–H and O–H groups in total. The average Bonchev–Trinajstić information content (AvgIpc) is 1.11. The van der Waals surface area contributed by atoms with Crippen LogP contribution in [0.2, 0.25) is 0 Å². The van der Waals surface area contributed by atoms with Crippen molar-refractivity contribution >= 4 is 11.9 Å². The molecule has 1 heterocycles. The van der Waals surface area contributed by atoms with Gasteiger partial charge in [0.15, 0.2) is 12.4 Å². The molecule has 1 rings (SSSR count). The molecule has 1 aliphatic rings. The number of hydrogen-bond donors (Lipinski definition) is 6. The number of nitrogens with one attached hydrogen (secondary N) is 1. The maximum atomic E-state index is 13.5. The van der Waals surface area contributed by atoms with Gasteiger partial charge in [0, 0.05) is 6.42 Å². The normalized spacial score (nSPS) is 18.3. The second-order valence-electron chi connectivity index (χ2n) is 27.1. The standard InChI is InChI=1S/C80H147NO10/c1-4-7-10-13-16-19-22-25-27-29-31-33-35-36-37-38-39-41-43-45-47-50-53-56-59-62-65-68-75(85)91-78-77(87)76(86)74(69-82)90-80(78)89-70-71(72(83)66-63-60-57-54-51-48-24-21-18-15-12-9-6-3)81-79(88)73(84)67-64-61-58-55-52-49-46-44-42-40-34-32-30-28-26-23-20-17-14-11-8-5-2/h16-17,19-20,25-28,63,66,71-74,76-78,80,82-84,86-87H,4-15,18,21-24,29-62,64-65,67-70H2,1-3H3,(H,81,88)/b19-16-,20-17-,27-25-,28-26-,66-63+. The summed E-state index contributed by atoms with van der Waals surface area (Å²) in [6, 6.07) is -1.03. The molecule has 1 saturated heterocycles. The first-order valence-corrected chi connectivity index (χ1v) is 39.1. The number of unbranched alkanes of at least 4 members (excludes halogenated alkanes) is 46. The van der Waals surface area contributed by atoms with E-state index in [1.54, 1.807) is 6.08 Å². The predicted octanol–water partition coefficient (Wildman–Crippen LogP) is 20.9. The van der Waals surface area contributed by atoms with E-state index in [2.05, 4.69) is 74.7 Å². The zero-order valence-electron chi connectivity index (χ0n) is 59.5. The van der Waals surface area contributed by atoms with E-state index in [-0.39, 0.29) is 13.0 Å². The quantitative estimate of drug-likeness (QED) is 0.0195. The molecule has 11 nitrogen and oxygen atoms in total. The third kappa shape index (κ3) is 54.2. The smallest absolute Gasteiger partial charge is 0.306 e. The highest BCUT2D eigenvalue weighted by molar-refractivity contribution is 5.80. The number of carbonyl (C=O) groups excluding carboxylic acids is 2. The van der Waals surface area contributed by atoms with E-state index in [0.717, 1.165) is 70.6 Å². The van der Waals surface area contributed by atoms with E-state index in [9.17, 15) is 35.1 Å². The molecule has 0 aromatic rings. The van der Waals surface area contributed by atoms with Crippen LogP contribution in [0.25, 0.3) is 0 Å². The molecule has 0 aromatic heterocycles. The van der Waals surface area contributed by atoms with Crippen LogP contribution >= 0.6 is 0 Å². The first kappa shape index (κ1) is 86.4. The first-order chi connectivity index (χ1) is 44.7. The minimum Gasteiger partial charge on any atom is -0.454 e. The predicted molar refractivity (Wildman–Crippen MR) is 384 cm³/mol. The van der Waals surface area contributed by atoms with Crippen LogP contribution in [-0.4, -0.2) is 99.6 Å². The van der Waals surface area contributed by atoms with Crippen LogP contribution in [0.3, 0.4) is 0 Å². The molecular formula is C80H147NO10. The molecule has 91 heavy (non-hydrogen) atoms. The van der Waals surface area contributed by atoms with Gasteiger partial charge in [-0.1, -0.05) is 338 Å². The van der Waals surface area contributed by atoms with E-state index in [1.807, 2.05) is 6.08 Å². The molecular weight excluding hydrogens is 1130 g/mol. The third-order valence-corrected chi connectivity index (χ3v) is 18.4. The number of hydrogen-bond acceptors (Lipinski definition) is 10. The lowest BCUT2D eigenvalue weighted by Crippen LogP contribution is -2.61. The molecule has 0 saturated carbocycles. The maximum absolute atomic E-state index is 13.5. The molecule has 8 unspecified atom stereocenters. The molecule has 0 aromatic carbocycles. The van der Waals surface area contributed by atoms with Crippen molar-refractivity contribution in [2.24, 2.45) is 0 Å². The zero-order valence-corrected chi connectivity index (χ0v) is 59.5. The summed E-state index contributed by atoms with van der Waals surface area (Å²) in [4.78, 5) is 26.8. The summed E-state index contributed by atoms with van der Waals surface area (Å²) in [5.74, 6) is -1.18. The van der Waals surface area contributed by atoms with E-state index >= 15 is 0 Å². The van der Waals surface area contributed by atoms with Crippen molar-refractivity contribution in [3.63, 3.8) is 0 Å². The fraction of sp³-hybridized carbons (Fsp3) is 0.850. The number of rotatable bonds is 68. The highest BCUT2D eigenvalue weighted by atomic mass is 16.7. The van der Waals surface area contributed by atoms with Crippen molar-refractivity contribution in [1.29, 1.82) is 0 Å². The van der Waals surface area contributed by atoms with Crippen molar-refractivity contribution in [3.8, 4) is 0 Å². The zero-order chi connectivity index (χ0) is 66.0. The van der Waals surface area contributed by atoms with Crippen molar-refractivity contribution in [2.45, 2.75) is 423 Å². The van der Waals surface area contributed by atoms with Gasteiger partial charge in [0.2, 0.25) is 5.91 Å². The maximum Gasteiger partial charge on any atom is 0.306 e. The summed E-state index contributed by atoms with van der Waals surface area (Å²) >= 11 is 0. The number of aliphatic hydroxyl groups is 5. The Morgan fingerprint density at radius 3 is 1.14 bits per heavy atom. The third-order valence-electron chi connectivity index (χ3n) is 18.4. The molecule has 8 atom stereocenters. The SMILES string of the molecule is CCCCC/C=C\C/C=C\CCCCCCCCCCCCCCCCCCCC(=O)OC1C(OCC(NC(=O)C(O)CCCCCCCCCCCCCC/C=C\C/C=C\CCCCC)C(O)/C=C/CCCCCCCCCCCCC)OC(CO)C(O)C1O. The van der Waals surface area contributed by atoms with Gasteiger partial charge < -0.3 is 45.1 Å². The topological polar surface area (TPSA) is 175 Å². The second kappa shape index (κ2) is 67.3. The van der Waals surface area contributed by atoms with E-state index in [1.165, 1.54) is 257 Å². The van der Waals surface area contributed by atoms with Crippen molar-refractivity contribution < 1.29 is 49.3 Å². The minimum absolute atomic E-state index is 0.126. The molecule has 1 amide bonds. The summed E-state index contributed by atoms with van der Waals surface area (Å²) in [5.41, 5.74) is 0. The van der Waals surface area contributed by atoms with Gasteiger partial charge in [-0.15, -0.1) is 0 Å². The van der Waals surface area contributed by atoms with Crippen LogP contribution in [0.15, 0.2) is 60.8 Å². The van der Waals surface area contributed by atoms with E-state index < -0.39 is 67.4 Å². The van der Waals surface area contributed by atoms with E-state index in [0.29, 0.717) is 19.3 Å². The fourth-order valence-corrected chi connectivity index (χ4v) is 12.2. The Hall–Kier alpha value is -2.64. The van der Waals surface area contributed by atoms with Crippen LogP contribution in [-0.2, 0) is 23.8 Å². The Morgan fingerprint density at radius 2 is 0.758 bits per heavy atom. The number of amides is 1. The number of ether oxygens (including phenoxy) is 3. The van der Waals surface area contributed by atoms with Gasteiger partial charge in [0.05, 0.1) is 25.4 Å². The first-order valence-electron chi connectivity index (χ1n) is 39.1. The van der Waals surface area contributed by atoms with Crippen LogP contribution < -0.4 is 5.32 Å². The van der Waals surface area contributed by atoms with Crippen molar-refractivity contribution in [1.82, 2.24) is 5.32 Å². The van der Waals surface area contributed by atoms with Gasteiger partial charge in [-0.2, -0.15) is 0 Å². The molecule has 0 spiro atoms. The van der Waals surface area contributed by atoms with Crippen molar-refractivity contribution in [3.05, 3.63) is 60.8 Å². The highest BCUT2D eigenvalue weighted by Crippen LogP contribution is 2.27. The van der Waals surface area contributed by atoms with Gasteiger partial charge >= 0.3 is 5.97 Å². The summed E-state index contributed by atoms with van der Waals surface area (Å²) in [7, 11) is 0. The lowest BCUT2D eigenvalue weighted by atomic mass is 9.99. The molecule has 0 radical (unpaired) electrons. The van der Waals surface area contributed by atoms with Gasteiger partial charge in [0.1, 0.15) is 24.4 Å². The monoisotopic (exact) mass is 1280 g/mol. The fourth-order valence-electron chi connectivity index (χ4n) is 12.2. The minimum atomic E-state index is -1.61. The van der Waals surface area contributed by atoms with Crippen LogP contribution in [0, 0.1) is 0 Å². The van der Waals surface area contributed by atoms with Crippen molar-refractivity contribution in [2.75, 3.05) is 13.2 Å². The molecule has 532 valence electrons. The largest absolute Gasteiger partial charge is 0.454 e. The summed E-state index contributed by atoms with van der Waals surface area (Å²) in [6.45, 7) is 5.80. The Bertz CT molecular complexity index is 1720. The van der Waals surface area contributed by atoms with Crippen LogP contribution in [0.1, 0.15) is 374 Å². The van der Waals surface area contributed by atoms with Gasteiger partial charge in [-0.05, 0) is 89.9 Å². The molecule has 0 bridgehead atoms. The molecule has 1 fully saturated rings. The lowest BCUT2D eigenvalue weighted by Gasteiger charge is -2.41. The Morgan fingerprint density at radius 1 is 0.429 bits per heavy atom. The average molecular weight is 1280 g/mol. The number of esters is 1. The Labute approximate surface area is 560 Å². The summed E-state index contributed by atoms with van der Waals surface area (Å²) < 4.78 is 17.8. The number of allylic oxidation sites excluding steroid dienone is 9. The number of aliphatic hydroxyl groups excluding tert-OH is 5. The number of carbonyl (C=O) groups is 2. The van der Waals surface area contributed by atoms with Gasteiger partial charge in [0.25, 0.3) is 0 Å². The van der Waals surface area contributed by atoms with Gasteiger partial charge in [-0.25, -0.2) is 0 Å². The summed E-state index contributed by atoms with van der Waals surface area (Å²) in [6.07, 6.45) is 76.9. The Kier molecular flexibility index (Phi) is 63.9. The second-order valence-corrected chi connectivity index (χ2v) is 27.1.